The summed E-state index contributed by atoms with van der Waals surface area (Å²) in [6.07, 6.45) is 2.47. The summed E-state index contributed by atoms with van der Waals surface area (Å²) in [5.41, 5.74) is 1.99. The van der Waals surface area contributed by atoms with Gasteiger partial charge in [-0.25, -0.2) is 4.99 Å². The second kappa shape index (κ2) is 11.0. The van der Waals surface area contributed by atoms with Gasteiger partial charge in [0.05, 0.1) is 12.0 Å². The maximum absolute atomic E-state index is 5.33. The molecule has 6 nitrogen and oxygen atoms in total. The molecule has 2 aromatic heterocycles. The lowest BCUT2D eigenvalue weighted by molar-refractivity contribution is 0.376. The van der Waals surface area contributed by atoms with E-state index in [-0.39, 0.29) is 24.0 Å². The van der Waals surface area contributed by atoms with Gasteiger partial charge in [0.1, 0.15) is 12.3 Å². The van der Waals surface area contributed by atoms with Gasteiger partial charge >= 0.3 is 0 Å². The van der Waals surface area contributed by atoms with Crippen LogP contribution in [-0.2, 0) is 13.0 Å². The SMILES string of the molecule is C=C(C)CNC(=NCc1cc(C(C)C)no1)NCCc1ccco1.I. The molecule has 0 amide bonds. The molecule has 138 valence electrons. The van der Waals surface area contributed by atoms with E-state index < -0.39 is 0 Å². The van der Waals surface area contributed by atoms with Crippen molar-refractivity contribution in [2.45, 2.75) is 39.7 Å². The van der Waals surface area contributed by atoms with Gasteiger partial charge in [-0.05, 0) is 25.0 Å². The molecule has 0 aliphatic carbocycles. The smallest absolute Gasteiger partial charge is 0.191 e. The van der Waals surface area contributed by atoms with Crippen LogP contribution in [0.5, 0.6) is 0 Å². The van der Waals surface area contributed by atoms with Crippen LogP contribution in [0.1, 0.15) is 43.9 Å². The quantitative estimate of drug-likeness (QED) is 0.272. The number of rotatable bonds is 8. The third-order valence-electron chi connectivity index (χ3n) is 3.36. The Morgan fingerprint density at radius 2 is 2.12 bits per heavy atom. The Morgan fingerprint density at radius 3 is 2.72 bits per heavy atom. The number of nitrogens with zero attached hydrogens (tertiary/aromatic N) is 2. The molecule has 0 unspecified atom stereocenters. The average Bonchev–Trinajstić information content (AvgIpc) is 3.20. The normalized spacial score (nSPS) is 11.3. The highest BCUT2D eigenvalue weighted by atomic mass is 127. The summed E-state index contributed by atoms with van der Waals surface area (Å²) < 4.78 is 10.7. The van der Waals surface area contributed by atoms with Gasteiger partial charge < -0.3 is 19.6 Å². The molecular formula is C18H27IN4O2. The predicted molar refractivity (Wildman–Crippen MR) is 110 cm³/mol. The van der Waals surface area contributed by atoms with Crippen LogP contribution in [0.2, 0.25) is 0 Å². The van der Waals surface area contributed by atoms with Crippen LogP contribution in [-0.4, -0.2) is 24.2 Å². The fourth-order valence-corrected chi connectivity index (χ4v) is 2.00. The number of hydrogen-bond acceptors (Lipinski definition) is 4. The van der Waals surface area contributed by atoms with Gasteiger partial charge in [-0.1, -0.05) is 31.2 Å². The number of halogens is 1. The molecule has 2 rings (SSSR count). The molecule has 0 spiro atoms. The molecule has 0 fully saturated rings. The van der Waals surface area contributed by atoms with Crippen LogP contribution in [0, 0.1) is 0 Å². The van der Waals surface area contributed by atoms with Crippen molar-refractivity contribution in [3.05, 3.63) is 53.8 Å². The molecule has 0 saturated carbocycles. The fourth-order valence-electron chi connectivity index (χ4n) is 2.00. The first-order valence-electron chi connectivity index (χ1n) is 8.19. The summed E-state index contributed by atoms with van der Waals surface area (Å²) in [7, 11) is 0. The number of aromatic nitrogens is 1. The van der Waals surface area contributed by atoms with E-state index in [2.05, 4.69) is 41.2 Å². The maximum atomic E-state index is 5.33. The Kier molecular flexibility index (Phi) is 9.33. The van der Waals surface area contributed by atoms with Gasteiger partial charge in [0.2, 0.25) is 0 Å². The van der Waals surface area contributed by atoms with E-state index in [1.54, 1.807) is 6.26 Å². The molecule has 0 aromatic carbocycles. The molecule has 7 heteroatoms. The highest BCUT2D eigenvalue weighted by Crippen LogP contribution is 2.14. The Balaban J connectivity index is 0.00000312. The van der Waals surface area contributed by atoms with E-state index >= 15 is 0 Å². The lowest BCUT2D eigenvalue weighted by Gasteiger charge is -2.11. The molecule has 2 heterocycles. The van der Waals surface area contributed by atoms with Gasteiger partial charge in [-0.15, -0.1) is 24.0 Å². The second-order valence-corrected chi connectivity index (χ2v) is 6.10. The zero-order valence-electron chi connectivity index (χ0n) is 15.0. The topological polar surface area (TPSA) is 75.6 Å². The minimum absolute atomic E-state index is 0. The summed E-state index contributed by atoms with van der Waals surface area (Å²) in [5, 5.41) is 10.6. The summed E-state index contributed by atoms with van der Waals surface area (Å²) >= 11 is 0. The van der Waals surface area contributed by atoms with Crippen molar-refractivity contribution < 1.29 is 8.94 Å². The van der Waals surface area contributed by atoms with E-state index in [9.17, 15) is 0 Å². The molecule has 0 saturated heterocycles. The van der Waals surface area contributed by atoms with Crippen LogP contribution < -0.4 is 10.6 Å². The van der Waals surface area contributed by atoms with Crippen molar-refractivity contribution in [2.24, 2.45) is 4.99 Å². The third kappa shape index (κ3) is 7.76. The van der Waals surface area contributed by atoms with Crippen LogP contribution >= 0.6 is 24.0 Å². The van der Waals surface area contributed by atoms with Crippen molar-refractivity contribution in [1.29, 1.82) is 0 Å². The lowest BCUT2D eigenvalue weighted by Crippen LogP contribution is -2.39. The van der Waals surface area contributed by atoms with Gasteiger partial charge in [-0.2, -0.15) is 0 Å². The minimum atomic E-state index is 0. The van der Waals surface area contributed by atoms with Crippen molar-refractivity contribution in [3.8, 4) is 0 Å². The van der Waals surface area contributed by atoms with E-state index in [1.807, 2.05) is 25.1 Å². The molecule has 0 atom stereocenters. The lowest BCUT2D eigenvalue weighted by atomic mass is 10.1. The van der Waals surface area contributed by atoms with Crippen LogP contribution in [0.3, 0.4) is 0 Å². The molecule has 0 aliphatic rings. The van der Waals surface area contributed by atoms with Gasteiger partial charge in [0.15, 0.2) is 11.7 Å². The van der Waals surface area contributed by atoms with Gasteiger partial charge in [0.25, 0.3) is 0 Å². The summed E-state index contributed by atoms with van der Waals surface area (Å²) in [6.45, 7) is 11.9. The number of guanidine groups is 1. The monoisotopic (exact) mass is 458 g/mol. The van der Waals surface area contributed by atoms with Crippen molar-refractivity contribution in [3.63, 3.8) is 0 Å². The van der Waals surface area contributed by atoms with Gasteiger partial charge in [0, 0.05) is 25.6 Å². The number of furan rings is 1. The Bertz CT molecular complexity index is 662. The molecular weight excluding hydrogens is 431 g/mol. The van der Waals surface area contributed by atoms with Crippen LogP contribution in [0.25, 0.3) is 0 Å². The first-order valence-corrected chi connectivity index (χ1v) is 8.19. The largest absolute Gasteiger partial charge is 0.469 e. The molecule has 25 heavy (non-hydrogen) atoms. The minimum Gasteiger partial charge on any atom is -0.469 e. The first kappa shape index (κ1) is 21.3. The molecule has 0 aliphatic heterocycles. The Labute approximate surface area is 166 Å². The predicted octanol–water partition coefficient (Wildman–Crippen LogP) is 3.86. The Hall–Kier alpha value is -1.77. The zero-order chi connectivity index (χ0) is 17.4. The molecule has 2 aromatic rings. The molecule has 0 bridgehead atoms. The molecule has 0 radical (unpaired) electrons. The standard InChI is InChI=1S/C18H26N4O2.HI/c1-13(2)11-20-18(19-8-7-15-6-5-9-23-15)21-12-16-10-17(14(3)4)22-24-16;/h5-6,9-10,14H,1,7-8,11-12H2,2-4H3,(H2,19,20,21);1H. The number of nitrogens with one attached hydrogen (secondary N) is 2. The van der Waals surface area contributed by atoms with Gasteiger partial charge in [-0.3, -0.25) is 0 Å². The summed E-state index contributed by atoms with van der Waals surface area (Å²) in [6, 6.07) is 5.80. The number of aliphatic imine (C=N–C) groups is 1. The maximum Gasteiger partial charge on any atom is 0.191 e. The highest BCUT2D eigenvalue weighted by Gasteiger charge is 2.07. The third-order valence-corrected chi connectivity index (χ3v) is 3.36. The summed E-state index contributed by atoms with van der Waals surface area (Å²) in [5.74, 6) is 2.76. The van der Waals surface area contributed by atoms with E-state index in [1.165, 1.54) is 0 Å². The molecule has 2 N–H and O–H groups in total. The number of hydrogen-bond donors (Lipinski definition) is 2. The second-order valence-electron chi connectivity index (χ2n) is 6.10. The van der Waals surface area contributed by atoms with Crippen molar-refractivity contribution in [1.82, 2.24) is 15.8 Å². The first-order chi connectivity index (χ1) is 11.5. The van der Waals surface area contributed by atoms with E-state index in [4.69, 9.17) is 8.94 Å². The highest BCUT2D eigenvalue weighted by molar-refractivity contribution is 14.0. The summed E-state index contributed by atoms with van der Waals surface area (Å²) in [4.78, 5) is 4.55. The fraction of sp³-hybridized carbons (Fsp3) is 0.444. The Morgan fingerprint density at radius 1 is 1.32 bits per heavy atom. The van der Waals surface area contributed by atoms with Crippen molar-refractivity contribution in [2.75, 3.05) is 13.1 Å². The van der Waals surface area contributed by atoms with Crippen LogP contribution in [0.4, 0.5) is 0 Å². The van der Waals surface area contributed by atoms with E-state index in [0.29, 0.717) is 25.0 Å². The van der Waals surface area contributed by atoms with E-state index in [0.717, 1.165) is 35.8 Å². The van der Waals surface area contributed by atoms with Crippen LogP contribution in [0.15, 0.2) is 50.5 Å². The van der Waals surface area contributed by atoms with Crippen molar-refractivity contribution >= 4 is 29.9 Å². The zero-order valence-corrected chi connectivity index (χ0v) is 17.4. The average molecular weight is 458 g/mol.